The molecule has 0 bridgehead atoms. The summed E-state index contributed by atoms with van der Waals surface area (Å²) in [4.78, 5) is 5.68. The van der Waals surface area contributed by atoms with E-state index in [1.165, 1.54) is 22.7 Å². The van der Waals surface area contributed by atoms with Gasteiger partial charge < -0.3 is 10.1 Å². The molecular weight excluding hydrogens is 208 g/mol. The van der Waals surface area contributed by atoms with Crippen molar-refractivity contribution in [1.82, 2.24) is 10.3 Å². The normalized spacial score (nSPS) is 21.8. The maximum absolute atomic E-state index is 5.42. The molecule has 2 rings (SSSR count). The van der Waals surface area contributed by atoms with Gasteiger partial charge in [-0.3, -0.25) is 0 Å². The van der Waals surface area contributed by atoms with Gasteiger partial charge in [-0.25, -0.2) is 4.98 Å². The Morgan fingerprint density at radius 3 is 3.27 bits per heavy atom. The van der Waals surface area contributed by atoms with E-state index in [9.17, 15) is 0 Å². The van der Waals surface area contributed by atoms with Gasteiger partial charge in [0.1, 0.15) is 0 Å². The standard InChI is InChI=1S/C11H18N2OS/c1-2-11-13-7-10(15-11)6-12-9-4-3-5-14-8-9/h7,9,12H,2-6,8H2,1H3. The zero-order valence-electron chi connectivity index (χ0n) is 9.16. The molecule has 0 amide bonds. The summed E-state index contributed by atoms with van der Waals surface area (Å²) in [5.74, 6) is 0. The average molecular weight is 226 g/mol. The third-order valence-corrected chi connectivity index (χ3v) is 3.77. The lowest BCUT2D eigenvalue weighted by atomic mass is 10.1. The largest absolute Gasteiger partial charge is 0.380 e. The van der Waals surface area contributed by atoms with Crippen molar-refractivity contribution in [2.75, 3.05) is 13.2 Å². The first-order valence-corrected chi connectivity index (χ1v) is 6.45. The predicted octanol–water partition coefficient (Wildman–Crippen LogP) is 1.97. The van der Waals surface area contributed by atoms with E-state index >= 15 is 0 Å². The Bertz CT molecular complexity index is 295. The van der Waals surface area contributed by atoms with Gasteiger partial charge in [0.05, 0.1) is 11.6 Å². The Morgan fingerprint density at radius 1 is 1.67 bits per heavy atom. The maximum atomic E-state index is 5.42. The van der Waals surface area contributed by atoms with Crippen molar-refractivity contribution in [2.24, 2.45) is 0 Å². The van der Waals surface area contributed by atoms with Gasteiger partial charge >= 0.3 is 0 Å². The third kappa shape index (κ3) is 3.26. The molecule has 4 heteroatoms. The summed E-state index contributed by atoms with van der Waals surface area (Å²) in [6.07, 6.45) is 5.44. The van der Waals surface area contributed by atoms with Gasteiger partial charge in [-0.15, -0.1) is 11.3 Å². The number of nitrogens with one attached hydrogen (secondary N) is 1. The van der Waals surface area contributed by atoms with E-state index in [-0.39, 0.29) is 0 Å². The molecular formula is C11H18N2OS. The number of hydrogen-bond acceptors (Lipinski definition) is 4. The Balaban J connectivity index is 1.76. The first-order chi connectivity index (χ1) is 7.38. The smallest absolute Gasteiger partial charge is 0.0925 e. The van der Waals surface area contributed by atoms with Crippen LogP contribution >= 0.6 is 11.3 Å². The van der Waals surface area contributed by atoms with Crippen LogP contribution in [0, 0.1) is 0 Å². The number of aromatic nitrogens is 1. The lowest BCUT2D eigenvalue weighted by Crippen LogP contribution is -2.36. The van der Waals surface area contributed by atoms with Crippen molar-refractivity contribution in [3.05, 3.63) is 16.1 Å². The van der Waals surface area contributed by atoms with E-state index in [0.717, 1.165) is 26.2 Å². The Labute approximate surface area is 94.9 Å². The minimum atomic E-state index is 0.533. The lowest BCUT2D eigenvalue weighted by Gasteiger charge is -2.22. The zero-order chi connectivity index (χ0) is 10.5. The highest BCUT2D eigenvalue weighted by atomic mass is 32.1. The minimum Gasteiger partial charge on any atom is -0.380 e. The molecule has 2 heterocycles. The molecule has 0 radical (unpaired) electrons. The molecule has 1 aliphatic rings. The summed E-state index contributed by atoms with van der Waals surface area (Å²) in [7, 11) is 0. The average Bonchev–Trinajstić information content (AvgIpc) is 2.76. The van der Waals surface area contributed by atoms with Gasteiger partial charge in [0.25, 0.3) is 0 Å². The molecule has 1 aliphatic heterocycles. The lowest BCUT2D eigenvalue weighted by molar-refractivity contribution is 0.0700. The van der Waals surface area contributed by atoms with Crippen LogP contribution in [0.5, 0.6) is 0 Å². The fourth-order valence-corrected chi connectivity index (χ4v) is 2.55. The van der Waals surface area contributed by atoms with Gasteiger partial charge in [0, 0.05) is 30.3 Å². The summed E-state index contributed by atoms with van der Waals surface area (Å²) >= 11 is 1.81. The van der Waals surface area contributed by atoms with Crippen LogP contribution in [0.15, 0.2) is 6.20 Å². The third-order valence-electron chi connectivity index (χ3n) is 2.63. The van der Waals surface area contributed by atoms with Crippen LogP contribution in [0.4, 0.5) is 0 Å². The molecule has 1 atom stereocenters. The number of hydrogen-bond donors (Lipinski definition) is 1. The highest BCUT2D eigenvalue weighted by Crippen LogP contribution is 2.14. The van der Waals surface area contributed by atoms with Crippen molar-refractivity contribution in [2.45, 2.75) is 38.8 Å². The van der Waals surface area contributed by atoms with E-state index in [0.29, 0.717) is 6.04 Å². The molecule has 1 N–H and O–H groups in total. The summed E-state index contributed by atoms with van der Waals surface area (Å²) in [5.41, 5.74) is 0. The van der Waals surface area contributed by atoms with Crippen molar-refractivity contribution in [3.63, 3.8) is 0 Å². The monoisotopic (exact) mass is 226 g/mol. The van der Waals surface area contributed by atoms with Crippen LogP contribution in [-0.4, -0.2) is 24.2 Å². The Morgan fingerprint density at radius 2 is 2.60 bits per heavy atom. The molecule has 3 nitrogen and oxygen atoms in total. The second-order valence-corrected chi connectivity index (χ2v) is 5.07. The fraction of sp³-hybridized carbons (Fsp3) is 0.727. The molecule has 0 aliphatic carbocycles. The van der Waals surface area contributed by atoms with Crippen molar-refractivity contribution in [3.8, 4) is 0 Å². The van der Waals surface area contributed by atoms with Crippen LogP contribution in [0.3, 0.4) is 0 Å². The molecule has 0 aromatic carbocycles. The number of ether oxygens (including phenoxy) is 1. The molecule has 84 valence electrons. The molecule has 0 saturated carbocycles. The zero-order valence-corrected chi connectivity index (χ0v) is 9.98. The van der Waals surface area contributed by atoms with Gasteiger partial charge in [0.15, 0.2) is 0 Å². The molecule has 1 aromatic heterocycles. The van der Waals surface area contributed by atoms with Crippen LogP contribution in [0.2, 0.25) is 0 Å². The first kappa shape index (κ1) is 11.0. The molecule has 1 fully saturated rings. The van der Waals surface area contributed by atoms with Crippen LogP contribution < -0.4 is 5.32 Å². The Kier molecular flexibility index (Phi) is 4.11. The van der Waals surface area contributed by atoms with Crippen molar-refractivity contribution < 1.29 is 4.74 Å². The fourth-order valence-electron chi connectivity index (χ4n) is 1.74. The summed E-state index contributed by atoms with van der Waals surface area (Å²) in [5, 5.41) is 4.75. The molecule has 1 saturated heterocycles. The number of thiazole rings is 1. The minimum absolute atomic E-state index is 0.533. The van der Waals surface area contributed by atoms with Gasteiger partial charge in [-0.05, 0) is 19.3 Å². The van der Waals surface area contributed by atoms with Crippen LogP contribution in [-0.2, 0) is 17.7 Å². The quantitative estimate of drug-likeness (QED) is 0.852. The van der Waals surface area contributed by atoms with Crippen LogP contribution in [0.1, 0.15) is 29.7 Å². The topological polar surface area (TPSA) is 34.2 Å². The van der Waals surface area contributed by atoms with Crippen molar-refractivity contribution in [1.29, 1.82) is 0 Å². The van der Waals surface area contributed by atoms with E-state index in [1.54, 1.807) is 0 Å². The number of nitrogens with zero attached hydrogens (tertiary/aromatic N) is 1. The van der Waals surface area contributed by atoms with Crippen molar-refractivity contribution >= 4 is 11.3 Å². The van der Waals surface area contributed by atoms with Crippen LogP contribution in [0.25, 0.3) is 0 Å². The predicted molar refractivity (Wildman–Crippen MR) is 62.2 cm³/mol. The Hall–Kier alpha value is -0.450. The van der Waals surface area contributed by atoms with Gasteiger partial charge in [0.2, 0.25) is 0 Å². The maximum Gasteiger partial charge on any atom is 0.0925 e. The second kappa shape index (κ2) is 5.58. The van der Waals surface area contributed by atoms with E-state index in [4.69, 9.17) is 4.74 Å². The molecule has 0 spiro atoms. The molecule has 15 heavy (non-hydrogen) atoms. The highest BCUT2D eigenvalue weighted by molar-refractivity contribution is 7.11. The van der Waals surface area contributed by atoms with E-state index in [2.05, 4.69) is 17.2 Å². The van der Waals surface area contributed by atoms with Gasteiger partial charge in [-0.1, -0.05) is 6.92 Å². The van der Waals surface area contributed by atoms with E-state index < -0.39 is 0 Å². The van der Waals surface area contributed by atoms with Gasteiger partial charge in [-0.2, -0.15) is 0 Å². The summed E-state index contributed by atoms with van der Waals surface area (Å²) in [6.45, 7) is 4.87. The summed E-state index contributed by atoms with van der Waals surface area (Å²) < 4.78 is 5.42. The van der Waals surface area contributed by atoms with E-state index in [1.807, 2.05) is 17.5 Å². The SMILES string of the molecule is CCc1ncc(CNC2CCCOC2)s1. The number of aryl methyl sites for hydroxylation is 1. The number of rotatable bonds is 4. The molecule has 1 aromatic rings. The first-order valence-electron chi connectivity index (χ1n) is 5.63. The molecule has 1 unspecified atom stereocenters. The highest BCUT2D eigenvalue weighted by Gasteiger charge is 2.13. The summed E-state index contributed by atoms with van der Waals surface area (Å²) in [6, 6.07) is 0.533. The second-order valence-electron chi connectivity index (χ2n) is 3.87.